The van der Waals surface area contributed by atoms with E-state index in [1.54, 1.807) is 4.90 Å². The van der Waals surface area contributed by atoms with Crippen LogP contribution in [0.2, 0.25) is 0 Å². The maximum absolute atomic E-state index is 12.4. The van der Waals surface area contributed by atoms with Crippen molar-refractivity contribution < 1.29 is 14.3 Å². The van der Waals surface area contributed by atoms with Crippen molar-refractivity contribution in [2.24, 2.45) is 11.1 Å². The summed E-state index contributed by atoms with van der Waals surface area (Å²) in [6.45, 7) is 0.810. The summed E-state index contributed by atoms with van der Waals surface area (Å²) in [7, 11) is 0. The lowest BCUT2D eigenvalue weighted by atomic mass is 9.74. The molecule has 4 rings (SSSR count). The van der Waals surface area contributed by atoms with Crippen molar-refractivity contribution in [3.05, 3.63) is 66.0 Å². The molecule has 0 atom stereocenters. The quantitative estimate of drug-likeness (QED) is 0.652. The fraction of sp³-hybridized carbons (Fsp3) is 0.286. The number of nitrogens with zero attached hydrogens (tertiary/aromatic N) is 2. The van der Waals surface area contributed by atoms with Gasteiger partial charge in [-0.2, -0.15) is 0 Å². The van der Waals surface area contributed by atoms with Gasteiger partial charge in [-0.25, -0.2) is 4.98 Å². The molecule has 1 aliphatic heterocycles. The van der Waals surface area contributed by atoms with Crippen LogP contribution in [0, 0.1) is 5.41 Å². The number of H-pyrrole nitrogens is 1. The van der Waals surface area contributed by atoms with Crippen molar-refractivity contribution in [1.29, 1.82) is 0 Å². The molecule has 2 heterocycles. The summed E-state index contributed by atoms with van der Waals surface area (Å²) in [5.74, 6) is 0.151. The zero-order valence-electron chi connectivity index (χ0n) is 15.4. The Morgan fingerprint density at radius 3 is 2.54 bits per heavy atom. The highest BCUT2D eigenvalue weighted by Gasteiger charge is 2.49. The Morgan fingerprint density at radius 1 is 1.11 bits per heavy atom. The Morgan fingerprint density at radius 2 is 1.82 bits per heavy atom. The average molecular weight is 378 g/mol. The lowest BCUT2D eigenvalue weighted by Gasteiger charge is -2.48. The number of aromatic nitrogens is 2. The number of hydrogen-bond donors (Lipinski definition) is 2. The maximum atomic E-state index is 12.4. The number of aromatic amines is 1. The summed E-state index contributed by atoms with van der Waals surface area (Å²) in [4.78, 5) is 33.6. The molecule has 28 heavy (non-hydrogen) atoms. The Kier molecular flexibility index (Phi) is 4.83. The van der Waals surface area contributed by atoms with E-state index in [2.05, 4.69) is 9.97 Å². The molecule has 0 unspecified atom stereocenters. The number of nitrogens with one attached hydrogen (secondary N) is 1. The molecule has 0 bridgehead atoms. The zero-order chi connectivity index (χ0) is 19.6. The maximum Gasteiger partial charge on any atom is 0.248 e. The number of fused-ring (bicyclic) bond motifs is 1. The van der Waals surface area contributed by atoms with E-state index in [1.165, 1.54) is 0 Å². The predicted molar refractivity (Wildman–Crippen MR) is 104 cm³/mol. The molecule has 1 saturated heterocycles. The number of imidazole rings is 1. The molecule has 1 fully saturated rings. The molecule has 2 aromatic carbocycles. The van der Waals surface area contributed by atoms with Gasteiger partial charge in [0.05, 0.1) is 16.4 Å². The molecule has 3 N–H and O–H groups in total. The van der Waals surface area contributed by atoms with Crippen LogP contribution in [0.3, 0.4) is 0 Å². The summed E-state index contributed by atoms with van der Waals surface area (Å²) in [6.07, 6.45) is 0.535. The molecule has 7 heteroatoms. The van der Waals surface area contributed by atoms with Crippen molar-refractivity contribution >= 4 is 22.8 Å². The first-order chi connectivity index (χ1) is 13.6. The van der Waals surface area contributed by atoms with Crippen molar-refractivity contribution in [2.45, 2.75) is 13.0 Å². The van der Waals surface area contributed by atoms with Gasteiger partial charge in [-0.3, -0.25) is 9.59 Å². The van der Waals surface area contributed by atoms with E-state index in [-0.39, 0.29) is 25.0 Å². The van der Waals surface area contributed by atoms with Crippen LogP contribution in [-0.2, 0) is 27.4 Å². The minimum absolute atomic E-state index is 0.0583. The summed E-state index contributed by atoms with van der Waals surface area (Å²) in [5.41, 5.74) is 7.77. The second-order valence-electron chi connectivity index (χ2n) is 7.25. The molecular formula is C21H22N4O3. The molecule has 1 aromatic heterocycles. The van der Waals surface area contributed by atoms with Gasteiger partial charge in [-0.1, -0.05) is 42.5 Å². The first kappa shape index (κ1) is 18.2. The molecule has 144 valence electrons. The van der Waals surface area contributed by atoms with E-state index in [1.807, 2.05) is 54.6 Å². The van der Waals surface area contributed by atoms with Crippen molar-refractivity contribution in [3.63, 3.8) is 0 Å². The standard InChI is InChI=1S/C21H22N4O3/c22-20(27)21(10-15-6-2-1-3-7-15)13-25(14-21)19(26)12-28-11-18-23-16-8-4-5-9-17(16)24-18/h1-9H,10-14H2,(H2,22,27)(H,23,24). The summed E-state index contributed by atoms with van der Waals surface area (Å²) >= 11 is 0. The third-order valence-electron chi connectivity index (χ3n) is 5.15. The van der Waals surface area contributed by atoms with Gasteiger partial charge in [-0.15, -0.1) is 0 Å². The van der Waals surface area contributed by atoms with Crippen LogP contribution in [0.5, 0.6) is 0 Å². The summed E-state index contributed by atoms with van der Waals surface area (Å²) in [6, 6.07) is 17.4. The Hall–Kier alpha value is -3.19. The highest BCUT2D eigenvalue weighted by atomic mass is 16.5. The zero-order valence-corrected chi connectivity index (χ0v) is 15.4. The van der Waals surface area contributed by atoms with Gasteiger partial charge in [0, 0.05) is 13.1 Å². The van der Waals surface area contributed by atoms with Crippen LogP contribution in [0.1, 0.15) is 11.4 Å². The van der Waals surface area contributed by atoms with Crippen LogP contribution in [-0.4, -0.2) is 46.4 Å². The van der Waals surface area contributed by atoms with Crippen LogP contribution < -0.4 is 5.73 Å². The molecule has 0 spiro atoms. The number of carbonyl (C=O) groups excluding carboxylic acids is 2. The van der Waals surface area contributed by atoms with Gasteiger partial charge in [0.2, 0.25) is 11.8 Å². The number of nitrogens with two attached hydrogens (primary N) is 1. The molecule has 7 nitrogen and oxygen atoms in total. The van der Waals surface area contributed by atoms with Crippen molar-refractivity contribution in [3.8, 4) is 0 Å². The number of amides is 2. The van der Waals surface area contributed by atoms with E-state index >= 15 is 0 Å². The normalized spacial score (nSPS) is 15.4. The van der Waals surface area contributed by atoms with Gasteiger partial charge in [0.1, 0.15) is 19.0 Å². The fourth-order valence-electron chi connectivity index (χ4n) is 3.60. The predicted octanol–water partition coefficient (Wildman–Crippen LogP) is 1.64. The Labute approximate surface area is 162 Å². The third kappa shape index (κ3) is 3.61. The van der Waals surface area contributed by atoms with Crippen LogP contribution in [0.15, 0.2) is 54.6 Å². The molecule has 3 aromatic rings. The molecular weight excluding hydrogens is 356 g/mol. The van der Waals surface area contributed by atoms with Gasteiger partial charge >= 0.3 is 0 Å². The highest BCUT2D eigenvalue weighted by Crippen LogP contribution is 2.34. The number of rotatable bonds is 7. The van der Waals surface area contributed by atoms with Crippen LogP contribution in [0.25, 0.3) is 11.0 Å². The fourth-order valence-corrected chi connectivity index (χ4v) is 3.60. The highest BCUT2D eigenvalue weighted by molar-refractivity contribution is 5.87. The second-order valence-corrected chi connectivity index (χ2v) is 7.25. The second kappa shape index (κ2) is 7.44. The monoisotopic (exact) mass is 378 g/mol. The first-order valence-corrected chi connectivity index (χ1v) is 9.19. The van der Waals surface area contributed by atoms with Crippen molar-refractivity contribution in [2.75, 3.05) is 19.7 Å². The van der Waals surface area contributed by atoms with Gasteiger partial charge in [0.15, 0.2) is 0 Å². The number of likely N-dealkylation sites (tertiary alicyclic amines) is 1. The molecule has 0 saturated carbocycles. The van der Waals surface area contributed by atoms with Crippen LogP contribution in [0.4, 0.5) is 0 Å². The number of benzene rings is 2. The SMILES string of the molecule is NC(=O)C1(Cc2ccccc2)CN(C(=O)COCc2nc3ccccc3[nH]2)C1. The molecule has 1 aliphatic rings. The summed E-state index contributed by atoms with van der Waals surface area (Å²) in [5, 5.41) is 0. The number of hydrogen-bond acceptors (Lipinski definition) is 4. The van der Waals surface area contributed by atoms with Gasteiger partial charge in [-0.05, 0) is 24.1 Å². The van der Waals surface area contributed by atoms with Gasteiger partial charge < -0.3 is 20.4 Å². The van der Waals surface area contributed by atoms with E-state index in [0.29, 0.717) is 25.3 Å². The number of para-hydroxylation sites is 2. The molecule has 0 aliphatic carbocycles. The topological polar surface area (TPSA) is 101 Å². The summed E-state index contributed by atoms with van der Waals surface area (Å²) < 4.78 is 5.51. The van der Waals surface area contributed by atoms with Crippen molar-refractivity contribution in [1.82, 2.24) is 14.9 Å². The minimum atomic E-state index is -0.699. The number of primary amides is 1. The lowest BCUT2D eigenvalue weighted by Crippen LogP contribution is -2.65. The number of carbonyl (C=O) groups is 2. The van der Waals surface area contributed by atoms with E-state index in [4.69, 9.17) is 10.5 Å². The smallest absolute Gasteiger partial charge is 0.248 e. The molecule has 0 radical (unpaired) electrons. The van der Waals surface area contributed by atoms with Crippen LogP contribution >= 0.6 is 0 Å². The van der Waals surface area contributed by atoms with Gasteiger partial charge in [0.25, 0.3) is 0 Å². The van der Waals surface area contributed by atoms with E-state index < -0.39 is 5.41 Å². The lowest BCUT2D eigenvalue weighted by molar-refractivity contribution is -0.155. The number of ether oxygens (including phenoxy) is 1. The largest absolute Gasteiger partial charge is 0.369 e. The average Bonchev–Trinajstić information content (AvgIpc) is 3.07. The Bertz CT molecular complexity index is 960. The van der Waals surface area contributed by atoms with E-state index in [9.17, 15) is 9.59 Å². The van der Waals surface area contributed by atoms with E-state index in [0.717, 1.165) is 16.6 Å². The molecule has 2 amide bonds. The first-order valence-electron chi connectivity index (χ1n) is 9.19. The Balaban J connectivity index is 1.29. The third-order valence-corrected chi connectivity index (χ3v) is 5.15. The minimum Gasteiger partial charge on any atom is -0.369 e.